The molecule has 0 fully saturated rings. The Balaban J connectivity index is 2.49. The number of halogens is 1. The van der Waals surface area contributed by atoms with Gasteiger partial charge < -0.3 is 10.1 Å². The molecule has 0 amide bonds. The molecule has 1 aromatic rings. The molecule has 19 heavy (non-hydrogen) atoms. The zero-order valence-electron chi connectivity index (χ0n) is 11.5. The van der Waals surface area contributed by atoms with Crippen LogP contribution in [0.4, 0.5) is 0 Å². The van der Waals surface area contributed by atoms with E-state index in [1.54, 1.807) is 18.8 Å². The highest BCUT2D eigenvalue weighted by Gasteiger charge is 2.32. The summed E-state index contributed by atoms with van der Waals surface area (Å²) in [7, 11) is 1.78. The van der Waals surface area contributed by atoms with E-state index in [1.165, 1.54) is 5.56 Å². The molecule has 0 aliphatic rings. The molecule has 0 aliphatic heterocycles. The average Bonchev–Trinajstić information content (AvgIpc) is 2.41. The number of rotatable bonds is 7. The second kappa shape index (κ2) is 7.78. The van der Waals surface area contributed by atoms with Gasteiger partial charge in [0.05, 0.1) is 6.61 Å². The van der Waals surface area contributed by atoms with Gasteiger partial charge in [0.2, 0.25) is 0 Å². The van der Waals surface area contributed by atoms with Crippen LogP contribution in [-0.2, 0) is 15.3 Å². The monoisotopic (exact) mass is 301 g/mol. The number of esters is 1. The molecule has 1 aromatic carbocycles. The molecule has 1 unspecified atom stereocenters. The number of carbonyl (C=O) groups excluding carboxylic acids is 1. The van der Waals surface area contributed by atoms with Crippen molar-refractivity contribution in [2.75, 3.05) is 19.4 Å². The smallest absolute Gasteiger partial charge is 0.326 e. The Labute approximate surface area is 124 Å². The van der Waals surface area contributed by atoms with Crippen molar-refractivity contribution in [2.45, 2.75) is 25.1 Å². The van der Waals surface area contributed by atoms with E-state index in [-0.39, 0.29) is 5.97 Å². The summed E-state index contributed by atoms with van der Waals surface area (Å²) in [6, 6.07) is 7.74. The third-order valence-electron chi connectivity index (χ3n) is 2.85. The van der Waals surface area contributed by atoms with Crippen molar-refractivity contribution in [1.82, 2.24) is 5.32 Å². The zero-order valence-corrected chi connectivity index (χ0v) is 13.1. The van der Waals surface area contributed by atoms with E-state index in [0.717, 1.165) is 10.8 Å². The van der Waals surface area contributed by atoms with E-state index in [4.69, 9.17) is 16.3 Å². The van der Waals surface area contributed by atoms with Gasteiger partial charge in [-0.15, -0.1) is 0 Å². The Kier molecular flexibility index (Phi) is 6.69. The van der Waals surface area contributed by atoms with Gasteiger partial charge in [-0.05, 0) is 38.6 Å². The van der Waals surface area contributed by atoms with E-state index < -0.39 is 5.54 Å². The summed E-state index contributed by atoms with van der Waals surface area (Å²) >= 11 is 7.53. The molecule has 0 aliphatic carbocycles. The minimum atomic E-state index is -0.646. The molecule has 5 heteroatoms. The maximum Gasteiger partial charge on any atom is 0.326 e. The maximum atomic E-state index is 11.9. The van der Waals surface area contributed by atoms with Crippen molar-refractivity contribution >= 4 is 29.3 Å². The lowest BCUT2D eigenvalue weighted by atomic mass is 10.1. The van der Waals surface area contributed by atoms with E-state index >= 15 is 0 Å². The van der Waals surface area contributed by atoms with Gasteiger partial charge >= 0.3 is 5.97 Å². The van der Waals surface area contributed by atoms with Gasteiger partial charge in [-0.1, -0.05) is 23.7 Å². The summed E-state index contributed by atoms with van der Waals surface area (Å²) in [5, 5.41) is 3.78. The Morgan fingerprint density at radius 2 is 2.05 bits per heavy atom. The molecule has 106 valence electrons. The molecule has 0 radical (unpaired) electrons. The van der Waals surface area contributed by atoms with Crippen molar-refractivity contribution in [3.8, 4) is 0 Å². The Morgan fingerprint density at radius 3 is 2.58 bits per heavy atom. The van der Waals surface area contributed by atoms with Gasteiger partial charge in [0.25, 0.3) is 0 Å². The van der Waals surface area contributed by atoms with Crippen LogP contribution in [0.5, 0.6) is 0 Å². The molecule has 0 spiro atoms. The van der Waals surface area contributed by atoms with E-state index in [2.05, 4.69) is 5.32 Å². The summed E-state index contributed by atoms with van der Waals surface area (Å²) in [5.41, 5.74) is 0.546. The third kappa shape index (κ3) is 5.05. The summed E-state index contributed by atoms with van der Waals surface area (Å²) in [4.78, 5) is 11.9. The second-order valence-electron chi connectivity index (χ2n) is 4.42. The van der Waals surface area contributed by atoms with Gasteiger partial charge in [-0.3, -0.25) is 4.79 Å². The number of ether oxygens (including phenoxy) is 1. The SMILES string of the molecule is CCOC(=O)C(C)(CSCc1ccc(Cl)cc1)NC. The van der Waals surface area contributed by atoms with Crippen LogP contribution in [0.2, 0.25) is 5.02 Å². The maximum absolute atomic E-state index is 11.9. The molecular formula is C14H20ClNO2S. The molecule has 1 N–H and O–H groups in total. The normalized spacial score (nSPS) is 13.9. The van der Waals surface area contributed by atoms with Gasteiger partial charge in [-0.25, -0.2) is 0 Å². The summed E-state index contributed by atoms with van der Waals surface area (Å²) < 4.78 is 5.08. The van der Waals surface area contributed by atoms with Crippen LogP contribution in [0.15, 0.2) is 24.3 Å². The second-order valence-corrected chi connectivity index (χ2v) is 5.84. The van der Waals surface area contributed by atoms with Gasteiger partial charge in [0, 0.05) is 16.5 Å². The highest BCUT2D eigenvalue weighted by molar-refractivity contribution is 7.98. The van der Waals surface area contributed by atoms with Crippen LogP contribution in [0, 0.1) is 0 Å². The molecule has 0 saturated heterocycles. The van der Waals surface area contributed by atoms with Gasteiger partial charge in [0.15, 0.2) is 0 Å². The summed E-state index contributed by atoms with van der Waals surface area (Å²) in [6.45, 7) is 4.08. The molecule has 0 bridgehead atoms. The lowest BCUT2D eigenvalue weighted by Crippen LogP contribution is -2.50. The molecular weight excluding hydrogens is 282 g/mol. The fourth-order valence-electron chi connectivity index (χ4n) is 1.48. The fraction of sp³-hybridized carbons (Fsp3) is 0.500. The van der Waals surface area contributed by atoms with Gasteiger partial charge in [0.1, 0.15) is 5.54 Å². The molecule has 0 saturated carbocycles. The molecule has 1 rings (SSSR count). The molecule has 0 aromatic heterocycles. The summed E-state index contributed by atoms with van der Waals surface area (Å²) in [6.07, 6.45) is 0. The highest BCUT2D eigenvalue weighted by atomic mass is 35.5. The van der Waals surface area contributed by atoms with Gasteiger partial charge in [-0.2, -0.15) is 11.8 Å². The first-order valence-corrected chi connectivity index (χ1v) is 7.73. The largest absolute Gasteiger partial charge is 0.465 e. The number of hydrogen-bond acceptors (Lipinski definition) is 4. The number of likely N-dealkylation sites (N-methyl/N-ethyl adjacent to an activating group) is 1. The van der Waals surface area contributed by atoms with E-state index in [0.29, 0.717) is 12.4 Å². The van der Waals surface area contributed by atoms with Crippen molar-refractivity contribution in [2.24, 2.45) is 0 Å². The first-order valence-electron chi connectivity index (χ1n) is 6.20. The van der Waals surface area contributed by atoms with Crippen molar-refractivity contribution in [3.63, 3.8) is 0 Å². The zero-order chi connectivity index (χ0) is 14.3. The van der Waals surface area contributed by atoms with Crippen LogP contribution < -0.4 is 5.32 Å². The third-order valence-corrected chi connectivity index (χ3v) is 4.42. The quantitative estimate of drug-likeness (QED) is 0.785. The highest BCUT2D eigenvalue weighted by Crippen LogP contribution is 2.20. The first kappa shape index (κ1) is 16.3. The van der Waals surface area contributed by atoms with E-state index in [1.807, 2.05) is 38.1 Å². The van der Waals surface area contributed by atoms with Crippen LogP contribution >= 0.6 is 23.4 Å². The molecule has 3 nitrogen and oxygen atoms in total. The molecule has 1 atom stereocenters. The predicted octanol–water partition coefficient (Wildman–Crippen LogP) is 3.11. The van der Waals surface area contributed by atoms with Crippen LogP contribution in [0.1, 0.15) is 19.4 Å². The Bertz CT molecular complexity index is 410. The number of benzene rings is 1. The fourth-order valence-corrected chi connectivity index (χ4v) is 2.80. The average molecular weight is 302 g/mol. The van der Waals surface area contributed by atoms with Crippen molar-refractivity contribution in [3.05, 3.63) is 34.9 Å². The lowest BCUT2D eigenvalue weighted by molar-refractivity contribution is -0.149. The first-order chi connectivity index (χ1) is 9.01. The van der Waals surface area contributed by atoms with Crippen LogP contribution in [0.25, 0.3) is 0 Å². The number of thioether (sulfide) groups is 1. The number of hydrogen-bond donors (Lipinski definition) is 1. The minimum Gasteiger partial charge on any atom is -0.465 e. The number of carbonyl (C=O) groups is 1. The van der Waals surface area contributed by atoms with Crippen molar-refractivity contribution < 1.29 is 9.53 Å². The Hall–Kier alpha value is -0.710. The standard InChI is InChI=1S/C14H20ClNO2S/c1-4-18-13(17)14(2,16-3)10-19-9-11-5-7-12(15)8-6-11/h5-8,16H,4,9-10H2,1-3H3. The number of nitrogens with one attached hydrogen (secondary N) is 1. The molecule has 0 heterocycles. The summed E-state index contributed by atoms with van der Waals surface area (Å²) in [5.74, 6) is 1.29. The topological polar surface area (TPSA) is 38.3 Å². The predicted molar refractivity (Wildman–Crippen MR) is 81.7 cm³/mol. The Morgan fingerprint density at radius 1 is 1.42 bits per heavy atom. The van der Waals surface area contributed by atoms with Crippen LogP contribution in [-0.4, -0.2) is 30.9 Å². The van der Waals surface area contributed by atoms with E-state index in [9.17, 15) is 4.79 Å². The van der Waals surface area contributed by atoms with Crippen molar-refractivity contribution in [1.29, 1.82) is 0 Å². The minimum absolute atomic E-state index is 0.207. The van der Waals surface area contributed by atoms with Crippen LogP contribution in [0.3, 0.4) is 0 Å². The lowest BCUT2D eigenvalue weighted by Gasteiger charge is -2.26.